The number of fused-ring (bicyclic) bond motifs is 1. The van der Waals surface area contributed by atoms with E-state index in [0.717, 1.165) is 5.56 Å². The maximum atomic E-state index is 13.6. The predicted molar refractivity (Wildman–Crippen MR) is 78.1 cm³/mol. The van der Waals surface area contributed by atoms with Gasteiger partial charge in [0.25, 0.3) is 0 Å². The molecule has 102 valence electrons. The molecule has 0 amide bonds. The molecule has 0 saturated carbocycles. The quantitative estimate of drug-likeness (QED) is 0.632. The van der Waals surface area contributed by atoms with Crippen molar-refractivity contribution in [3.63, 3.8) is 0 Å². The maximum absolute atomic E-state index is 13.6. The van der Waals surface area contributed by atoms with Crippen molar-refractivity contribution in [1.29, 1.82) is 0 Å². The number of H-pyrrole nitrogens is 1. The summed E-state index contributed by atoms with van der Waals surface area (Å²) in [6.07, 6.45) is 0. The molecule has 3 aromatic rings. The number of aromatic amines is 1. The molecule has 6 heteroatoms. The summed E-state index contributed by atoms with van der Waals surface area (Å²) in [7, 11) is 0. The fourth-order valence-corrected chi connectivity index (χ4v) is 2.68. The SMILES string of the molecule is Cc1cc(F)cc(-n2c(=S)[nH]c3cc(Cl)c(F)cc32)c1. The van der Waals surface area contributed by atoms with Crippen molar-refractivity contribution in [2.45, 2.75) is 6.92 Å². The second-order valence-electron chi connectivity index (χ2n) is 4.54. The summed E-state index contributed by atoms with van der Waals surface area (Å²) in [4.78, 5) is 2.94. The average Bonchev–Trinajstić information content (AvgIpc) is 2.64. The van der Waals surface area contributed by atoms with Crippen molar-refractivity contribution in [2.24, 2.45) is 0 Å². The molecule has 0 radical (unpaired) electrons. The average molecular weight is 311 g/mol. The highest BCUT2D eigenvalue weighted by Gasteiger charge is 2.11. The van der Waals surface area contributed by atoms with Gasteiger partial charge in [0.05, 0.1) is 21.7 Å². The van der Waals surface area contributed by atoms with Crippen LogP contribution in [0, 0.1) is 23.3 Å². The summed E-state index contributed by atoms with van der Waals surface area (Å²) < 4.78 is 29.1. The minimum Gasteiger partial charge on any atom is -0.330 e. The molecule has 0 aliphatic heterocycles. The first kappa shape index (κ1) is 13.3. The van der Waals surface area contributed by atoms with E-state index >= 15 is 0 Å². The number of nitrogens with zero attached hydrogens (tertiary/aromatic N) is 1. The van der Waals surface area contributed by atoms with E-state index in [-0.39, 0.29) is 10.8 Å². The van der Waals surface area contributed by atoms with Gasteiger partial charge in [-0.3, -0.25) is 4.57 Å². The molecule has 0 unspecified atom stereocenters. The Morgan fingerprint density at radius 3 is 2.60 bits per heavy atom. The van der Waals surface area contributed by atoms with Gasteiger partial charge in [0.1, 0.15) is 11.6 Å². The van der Waals surface area contributed by atoms with Crippen LogP contribution in [0.15, 0.2) is 30.3 Å². The van der Waals surface area contributed by atoms with Gasteiger partial charge in [-0.2, -0.15) is 0 Å². The van der Waals surface area contributed by atoms with Gasteiger partial charge in [0.15, 0.2) is 4.77 Å². The Morgan fingerprint density at radius 2 is 1.90 bits per heavy atom. The molecule has 0 aliphatic rings. The summed E-state index contributed by atoms with van der Waals surface area (Å²) in [5, 5.41) is 0.0105. The highest BCUT2D eigenvalue weighted by atomic mass is 35.5. The topological polar surface area (TPSA) is 20.7 Å². The fourth-order valence-electron chi connectivity index (χ4n) is 2.20. The number of nitrogens with one attached hydrogen (secondary N) is 1. The number of aryl methyl sites for hydroxylation is 1. The third-order valence-electron chi connectivity index (χ3n) is 3.01. The Morgan fingerprint density at radius 1 is 1.15 bits per heavy atom. The minimum absolute atomic E-state index is 0.0105. The van der Waals surface area contributed by atoms with Crippen LogP contribution in [0.25, 0.3) is 16.7 Å². The van der Waals surface area contributed by atoms with E-state index in [2.05, 4.69) is 4.98 Å². The van der Waals surface area contributed by atoms with Gasteiger partial charge in [0.2, 0.25) is 0 Å². The van der Waals surface area contributed by atoms with E-state index in [0.29, 0.717) is 21.5 Å². The molecule has 0 bridgehead atoms. The van der Waals surface area contributed by atoms with E-state index in [1.54, 1.807) is 17.6 Å². The van der Waals surface area contributed by atoms with E-state index in [1.165, 1.54) is 24.3 Å². The molecule has 2 nitrogen and oxygen atoms in total. The molecule has 0 saturated heterocycles. The molecular weight excluding hydrogens is 302 g/mol. The molecule has 2 aromatic carbocycles. The van der Waals surface area contributed by atoms with Crippen LogP contribution in [-0.2, 0) is 0 Å². The van der Waals surface area contributed by atoms with E-state index in [4.69, 9.17) is 23.8 Å². The van der Waals surface area contributed by atoms with Gasteiger partial charge in [-0.25, -0.2) is 8.78 Å². The lowest BCUT2D eigenvalue weighted by atomic mass is 10.2. The molecule has 0 spiro atoms. The Labute approximate surface area is 123 Å². The zero-order valence-corrected chi connectivity index (χ0v) is 11.9. The van der Waals surface area contributed by atoms with Gasteiger partial charge in [-0.15, -0.1) is 0 Å². The van der Waals surface area contributed by atoms with Crippen LogP contribution in [0.4, 0.5) is 8.78 Å². The monoisotopic (exact) mass is 310 g/mol. The van der Waals surface area contributed by atoms with Gasteiger partial charge in [-0.1, -0.05) is 11.6 Å². The number of imidazole rings is 1. The molecule has 0 fully saturated rings. The lowest BCUT2D eigenvalue weighted by Crippen LogP contribution is -1.96. The van der Waals surface area contributed by atoms with E-state index in [9.17, 15) is 8.78 Å². The van der Waals surface area contributed by atoms with Crippen LogP contribution in [-0.4, -0.2) is 9.55 Å². The first-order valence-corrected chi connectivity index (χ1v) is 6.61. The standard InChI is InChI=1S/C14H9ClF2N2S/c1-7-2-8(16)4-9(3-7)19-13-6-11(17)10(15)5-12(13)18-14(19)20/h2-6H,1H3,(H,18,20). The third-order valence-corrected chi connectivity index (χ3v) is 3.58. The van der Waals surface area contributed by atoms with Crippen molar-refractivity contribution in [1.82, 2.24) is 9.55 Å². The van der Waals surface area contributed by atoms with Crippen LogP contribution in [0.2, 0.25) is 5.02 Å². The Hall–Kier alpha value is -1.72. The van der Waals surface area contributed by atoms with Crippen LogP contribution in [0.1, 0.15) is 5.56 Å². The summed E-state index contributed by atoms with van der Waals surface area (Å²) in [6.45, 7) is 1.78. The fraction of sp³-hybridized carbons (Fsp3) is 0.0714. The molecule has 1 aromatic heterocycles. The normalized spacial score (nSPS) is 11.2. The van der Waals surface area contributed by atoms with Crippen molar-refractivity contribution < 1.29 is 8.78 Å². The van der Waals surface area contributed by atoms with Crippen molar-refractivity contribution in [3.05, 3.63) is 57.3 Å². The molecule has 3 rings (SSSR count). The van der Waals surface area contributed by atoms with Gasteiger partial charge in [0, 0.05) is 6.07 Å². The zero-order valence-electron chi connectivity index (χ0n) is 10.4. The number of rotatable bonds is 1. The number of aromatic nitrogens is 2. The number of halogens is 3. The highest BCUT2D eigenvalue weighted by Crippen LogP contribution is 2.26. The van der Waals surface area contributed by atoms with Gasteiger partial charge in [-0.05, 0) is 49.0 Å². The highest BCUT2D eigenvalue weighted by molar-refractivity contribution is 7.71. The molecular formula is C14H9ClF2N2S. The number of hydrogen-bond donors (Lipinski definition) is 1. The van der Waals surface area contributed by atoms with Crippen molar-refractivity contribution in [2.75, 3.05) is 0 Å². The summed E-state index contributed by atoms with van der Waals surface area (Å²) >= 11 is 11.0. The van der Waals surface area contributed by atoms with Crippen LogP contribution in [0.5, 0.6) is 0 Å². The Kier molecular flexibility index (Phi) is 3.11. The first-order chi connectivity index (χ1) is 9.45. The molecule has 0 aliphatic carbocycles. The maximum Gasteiger partial charge on any atom is 0.182 e. The largest absolute Gasteiger partial charge is 0.330 e. The number of benzene rings is 2. The van der Waals surface area contributed by atoms with E-state index < -0.39 is 5.82 Å². The number of hydrogen-bond acceptors (Lipinski definition) is 1. The molecule has 1 N–H and O–H groups in total. The van der Waals surface area contributed by atoms with Crippen LogP contribution >= 0.6 is 23.8 Å². The summed E-state index contributed by atoms with van der Waals surface area (Å²) in [6, 6.07) is 7.29. The Balaban J connectivity index is 2.38. The first-order valence-electron chi connectivity index (χ1n) is 5.83. The molecule has 20 heavy (non-hydrogen) atoms. The lowest BCUT2D eigenvalue weighted by molar-refractivity contribution is 0.625. The minimum atomic E-state index is -0.546. The summed E-state index contributed by atoms with van der Waals surface area (Å²) in [5.41, 5.74) is 2.41. The predicted octanol–water partition coefficient (Wildman–Crippen LogP) is 4.93. The van der Waals surface area contributed by atoms with Crippen LogP contribution in [0.3, 0.4) is 0 Å². The molecule has 1 heterocycles. The second-order valence-corrected chi connectivity index (χ2v) is 5.33. The summed E-state index contributed by atoms with van der Waals surface area (Å²) in [5.74, 6) is -0.916. The van der Waals surface area contributed by atoms with Crippen molar-refractivity contribution in [3.8, 4) is 5.69 Å². The second kappa shape index (κ2) is 4.68. The van der Waals surface area contributed by atoms with E-state index in [1.807, 2.05) is 0 Å². The molecule has 0 atom stereocenters. The van der Waals surface area contributed by atoms with Crippen LogP contribution < -0.4 is 0 Å². The Bertz CT molecular complexity index is 862. The zero-order chi connectivity index (χ0) is 14.4. The van der Waals surface area contributed by atoms with Gasteiger partial charge >= 0.3 is 0 Å². The third kappa shape index (κ3) is 2.13. The van der Waals surface area contributed by atoms with Crippen molar-refractivity contribution >= 4 is 34.9 Å². The van der Waals surface area contributed by atoms with Gasteiger partial charge < -0.3 is 4.98 Å². The smallest absolute Gasteiger partial charge is 0.182 e. The lowest BCUT2D eigenvalue weighted by Gasteiger charge is -2.06.